The molecule has 0 aromatic heterocycles. The quantitative estimate of drug-likeness (QED) is 0.733. The SMILES string of the molecule is O=C([C@@H]1CCCN1)N1CCC2(CCOCC2)C1. The van der Waals surface area contributed by atoms with Crippen LogP contribution in [0, 0.1) is 5.41 Å². The van der Waals surface area contributed by atoms with Gasteiger partial charge in [0.15, 0.2) is 0 Å². The van der Waals surface area contributed by atoms with Crippen LogP contribution in [0.4, 0.5) is 0 Å². The molecule has 1 amide bonds. The van der Waals surface area contributed by atoms with Crippen LogP contribution in [0.15, 0.2) is 0 Å². The van der Waals surface area contributed by atoms with Gasteiger partial charge in [0.05, 0.1) is 6.04 Å². The number of rotatable bonds is 1. The van der Waals surface area contributed by atoms with E-state index in [1.54, 1.807) is 0 Å². The Morgan fingerprint density at radius 3 is 2.82 bits per heavy atom. The van der Waals surface area contributed by atoms with Crippen molar-refractivity contribution in [3.8, 4) is 0 Å². The van der Waals surface area contributed by atoms with Gasteiger partial charge in [-0.15, -0.1) is 0 Å². The fraction of sp³-hybridized carbons (Fsp3) is 0.923. The summed E-state index contributed by atoms with van der Waals surface area (Å²) in [5, 5.41) is 3.31. The molecule has 3 aliphatic rings. The minimum absolute atomic E-state index is 0.102. The number of amides is 1. The lowest BCUT2D eigenvalue weighted by Gasteiger charge is -2.33. The molecule has 96 valence electrons. The lowest BCUT2D eigenvalue weighted by molar-refractivity contribution is -0.132. The van der Waals surface area contributed by atoms with Crippen LogP contribution in [0.25, 0.3) is 0 Å². The average molecular weight is 238 g/mol. The zero-order valence-corrected chi connectivity index (χ0v) is 10.4. The second-order valence-corrected chi connectivity index (χ2v) is 5.77. The maximum absolute atomic E-state index is 12.3. The Morgan fingerprint density at radius 1 is 1.29 bits per heavy atom. The predicted molar refractivity (Wildman–Crippen MR) is 64.7 cm³/mol. The highest BCUT2D eigenvalue weighted by molar-refractivity contribution is 5.82. The summed E-state index contributed by atoms with van der Waals surface area (Å²) < 4.78 is 5.44. The summed E-state index contributed by atoms with van der Waals surface area (Å²) >= 11 is 0. The third-order valence-electron chi connectivity index (χ3n) is 4.66. The number of carbonyl (C=O) groups is 1. The molecular weight excluding hydrogens is 216 g/mol. The summed E-state index contributed by atoms with van der Waals surface area (Å²) in [4.78, 5) is 14.4. The van der Waals surface area contributed by atoms with E-state index in [2.05, 4.69) is 10.2 Å². The number of hydrogen-bond donors (Lipinski definition) is 1. The molecule has 0 aliphatic carbocycles. The third kappa shape index (κ3) is 2.20. The minimum atomic E-state index is 0.102. The van der Waals surface area contributed by atoms with Gasteiger partial charge < -0.3 is 15.0 Å². The Kier molecular flexibility index (Phi) is 3.09. The zero-order chi connectivity index (χ0) is 11.7. The van der Waals surface area contributed by atoms with Crippen molar-refractivity contribution in [1.82, 2.24) is 10.2 Å². The van der Waals surface area contributed by atoms with Gasteiger partial charge in [0.1, 0.15) is 0 Å². The van der Waals surface area contributed by atoms with Gasteiger partial charge in [0, 0.05) is 26.3 Å². The average Bonchev–Trinajstić information content (AvgIpc) is 2.99. The summed E-state index contributed by atoms with van der Waals surface area (Å²) in [6.45, 7) is 4.68. The zero-order valence-electron chi connectivity index (χ0n) is 10.4. The molecular formula is C13H22N2O2. The smallest absolute Gasteiger partial charge is 0.239 e. The first-order chi connectivity index (χ1) is 8.29. The van der Waals surface area contributed by atoms with Crippen LogP contribution >= 0.6 is 0 Å². The van der Waals surface area contributed by atoms with E-state index in [4.69, 9.17) is 4.74 Å². The summed E-state index contributed by atoms with van der Waals surface area (Å²) in [5.74, 6) is 0.339. The van der Waals surface area contributed by atoms with Crippen molar-refractivity contribution in [2.45, 2.75) is 38.1 Å². The Bertz CT molecular complexity index is 294. The maximum atomic E-state index is 12.3. The fourth-order valence-electron chi connectivity index (χ4n) is 3.45. The summed E-state index contributed by atoms with van der Waals surface area (Å²) in [7, 11) is 0. The Hall–Kier alpha value is -0.610. The Morgan fingerprint density at radius 2 is 2.12 bits per heavy atom. The number of nitrogens with one attached hydrogen (secondary N) is 1. The topological polar surface area (TPSA) is 41.6 Å². The summed E-state index contributed by atoms with van der Waals surface area (Å²) in [6.07, 6.45) is 5.60. The molecule has 0 radical (unpaired) electrons. The van der Waals surface area contributed by atoms with Gasteiger partial charge in [-0.3, -0.25) is 4.79 Å². The minimum Gasteiger partial charge on any atom is -0.381 e. The first-order valence-corrected chi connectivity index (χ1v) is 6.89. The molecule has 3 rings (SSSR count). The van der Waals surface area contributed by atoms with E-state index >= 15 is 0 Å². The van der Waals surface area contributed by atoms with Gasteiger partial charge in [-0.05, 0) is 44.1 Å². The van der Waals surface area contributed by atoms with E-state index in [0.29, 0.717) is 11.3 Å². The monoisotopic (exact) mass is 238 g/mol. The molecule has 0 bridgehead atoms. The van der Waals surface area contributed by atoms with Crippen LogP contribution in [0.5, 0.6) is 0 Å². The van der Waals surface area contributed by atoms with Crippen molar-refractivity contribution in [3.05, 3.63) is 0 Å². The molecule has 4 heteroatoms. The number of carbonyl (C=O) groups excluding carboxylic acids is 1. The number of ether oxygens (including phenoxy) is 1. The predicted octanol–water partition coefficient (Wildman–Crippen LogP) is 0.767. The van der Waals surface area contributed by atoms with Crippen molar-refractivity contribution < 1.29 is 9.53 Å². The van der Waals surface area contributed by atoms with Crippen molar-refractivity contribution >= 4 is 5.91 Å². The summed E-state index contributed by atoms with van der Waals surface area (Å²) in [6, 6.07) is 0.102. The van der Waals surface area contributed by atoms with Crippen molar-refractivity contribution in [3.63, 3.8) is 0 Å². The second-order valence-electron chi connectivity index (χ2n) is 5.77. The highest BCUT2D eigenvalue weighted by atomic mass is 16.5. The van der Waals surface area contributed by atoms with Gasteiger partial charge in [-0.1, -0.05) is 0 Å². The number of hydrogen-bond acceptors (Lipinski definition) is 3. The van der Waals surface area contributed by atoms with Gasteiger partial charge in [-0.25, -0.2) is 0 Å². The second kappa shape index (κ2) is 4.58. The van der Waals surface area contributed by atoms with E-state index in [1.807, 2.05) is 0 Å². The standard InChI is InChI=1S/C13H22N2O2/c16-12(11-2-1-6-14-11)15-7-3-13(10-15)4-8-17-9-5-13/h11,14H,1-10H2/t11-/m0/s1. The molecule has 1 spiro atoms. The van der Waals surface area contributed by atoms with Crippen LogP contribution in [0.1, 0.15) is 32.1 Å². The van der Waals surface area contributed by atoms with Crippen LogP contribution in [0.3, 0.4) is 0 Å². The summed E-state index contributed by atoms with van der Waals surface area (Å²) in [5.41, 5.74) is 0.381. The molecule has 4 nitrogen and oxygen atoms in total. The normalized spacial score (nSPS) is 32.2. The van der Waals surface area contributed by atoms with Crippen molar-refractivity contribution in [2.24, 2.45) is 5.41 Å². The highest BCUT2D eigenvalue weighted by Crippen LogP contribution is 2.39. The van der Waals surface area contributed by atoms with Gasteiger partial charge in [0.25, 0.3) is 0 Å². The van der Waals surface area contributed by atoms with E-state index in [0.717, 1.165) is 58.5 Å². The lowest BCUT2D eigenvalue weighted by atomic mass is 9.80. The molecule has 3 saturated heterocycles. The first-order valence-electron chi connectivity index (χ1n) is 6.89. The molecule has 3 heterocycles. The molecule has 3 aliphatic heterocycles. The molecule has 3 fully saturated rings. The fourth-order valence-corrected chi connectivity index (χ4v) is 3.45. The Balaban J connectivity index is 1.60. The van der Waals surface area contributed by atoms with Crippen LogP contribution in [-0.4, -0.2) is 49.7 Å². The van der Waals surface area contributed by atoms with Gasteiger partial charge >= 0.3 is 0 Å². The molecule has 0 aromatic rings. The molecule has 1 atom stereocenters. The molecule has 0 aromatic carbocycles. The molecule has 0 unspecified atom stereocenters. The van der Waals surface area contributed by atoms with Gasteiger partial charge in [-0.2, -0.15) is 0 Å². The van der Waals surface area contributed by atoms with Crippen molar-refractivity contribution in [1.29, 1.82) is 0 Å². The molecule has 0 saturated carbocycles. The van der Waals surface area contributed by atoms with Crippen LogP contribution in [-0.2, 0) is 9.53 Å². The van der Waals surface area contributed by atoms with Crippen molar-refractivity contribution in [2.75, 3.05) is 32.8 Å². The largest absolute Gasteiger partial charge is 0.381 e. The Labute approximate surface area is 103 Å². The van der Waals surface area contributed by atoms with E-state index in [9.17, 15) is 4.79 Å². The number of likely N-dealkylation sites (tertiary alicyclic amines) is 1. The van der Waals surface area contributed by atoms with Gasteiger partial charge in [0.2, 0.25) is 5.91 Å². The van der Waals surface area contributed by atoms with E-state index in [1.165, 1.54) is 6.42 Å². The molecule has 17 heavy (non-hydrogen) atoms. The van der Waals surface area contributed by atoms with E-state index < -0.39 is 0 Å². The first kappa shape index (κ1) is 11.5. The van der Waals surface area contributed by atoms with E-state index in [-0.39, 0.29) is 6.04 Å². The van der Waals surface area contributed by atoms with Crippen LogP contribution < -0.4 is 5.32 Å². The van der Waals surface area contributed by atoms with Crippen LogP contribution in [0.2, 0.25) is 0 Å². The third-order valence-corrected chi connectivity index (χ3v) is 4.66. The number of nitrogens with zero attached hydrogens (tertiary/aromatic N) is 1. The lowest BCUT2D eigenvalue weighted by Crippen LogP contribution is -2.44. The highest BCUT2D eigenvalue weighted by Gasteiger charge is 2.42. The maximum Gasteiger partial charge on any atom is 0.239 e. The molecule has 1 N–H and O–H groups in total.